The molecule has 0 fully saturated rings. The summed E-state index contributed by atoms with van der Waals surface area (Å²) in [7, 11) is 0. The van der Waals surface area contributed by atoms with Crippen molar-refractivity contribution in [3.05, 3.63) is 0 Å². The molecular weight excluding hydrogens is 311 g/mol. The molecule has 104 valence electrons. The van der Waals surface area contributed by atoms with Gasteiger partial charge in [-0.25, -0.2) is 0 Å². The van der Waals surface area contributed by atoms with E-state index in [-0.39, 0.29) is 21.1 Å². The second-order valence-electron chi connectivity index (χ2n) is 5.60. The van der Waals surface area contributed by atoms with Crippen LogP contribution in [0.4, 0.5) is 0 Å². The molecule has 0 saturated heterocycles. The van der Waals surface area contributed by atoms with E-state index in [2.05, 4.69) is 13.8 Å². The zero-order valence-electron chi connectivity index (χ0n) is 12.6. The molecule has 0 bridgehead atoms. The van der Waals surface area contributed by atoms with E-state index in [4.69, 9.17) is 0 Å². The third kappa shape index (κ3) is 16.8. The second kappa shape index (κ2) is 16.8. The van der Waals surface area contributed by atoms with Crippen molar-refractivity contribution >= 4 is 21.1 Å². The molecule has 0 aliphatic rings. The summed E-state index contributed by atoms with van der Waals surface area (Å²) in [6, 6.07) is 0. The summed E-state index contributed by atoms with van der Waals surface area (Å²) >= 11 is -0.259. The van der Waals surface area contributed by atoms with Gasteiger partial charge in [0, 0.05) is 0 Å². The van der Waals surface area contributed by atoms with E-state index in [1.54, 1.807) is 21.7 Å². The molecule has 0 aromatic rings. The van der Waals surface area contributed by atoms with E-state index in [1.165, 1.54) is 64.2 Å². The Labute approximate surface area is 121 Å². The SMILES string of the molecule is CCCCCCC[CH2][SnH2][CH2]CCCCCCC. The Kier molecular flexibility index (Phi) is 17.6. The fraction of sp³-hybridized carbons (Fsp3) is 1.00. The predicted molar refractivity (Wildman–Crippen MR) is 84.9 cm³/mol. The topological polar surface area (TPSA) is 0 Å². The summed E-state index contributed by atoms with van der Waals surface area (Å²) in [4.78, 5) is 0. The van der Waals surface area contributed by atoms with Crippen LogP contribution in [0, 0.1) is 0 Å². The molecule has 0 aliphatic carbocycles. The molecule has 0 heterocycles. The molecule has 0 aromatic carbocycles. The molecule has 0 aromatic heterocycles. The Morgan fingerprint density at radius 1 is 0.471 bits per heavy atom. The van der Waals surface area contributed by atoms with Gasteiger partial charge in [-0.2, -0.15) is 0 Å². The van der Waals surface area contributed by atoms with Crippen LogP contribution in [0.15, 0.2) is 0 Å². The summed E-state index contributed by atoms with van der Waals surface area (Å²) < 4.78 is 3.39. The van der Waals surface area contributed by atoms with Crippen molar-refractivity contribution in [2.75, 3.05) is 0 Å². The number of hydrogen-bond acceptors (Lipinski definition) is 0. The Hall–Kier alpha value is 0.799. The zero-order valence-corrected chi connectivity index (χ0v) is 16.6. The van der Waals surface area contributed by atoms with Gasteiger partial charge in [-0.15, -0.1) is 0 Å². The maximum absolute atomic E-state index is 2.30. The number of hydrogen-bond donors (Lipinski definition) is 0. The van der Waals surface area contributed by atoms with Crippen LogP contribution in [0.2, 0.25) is 8.87 Å². The van der Waals surface area contributed by atoms with Gasteiger partial charge >= 0.3 is 121 Å². The molecule has 0 rings (SSSR count). The van der Waals surface area contributed by atoms with Crippen LogP contribution < -0.4 is 0 Å². The first kappa shape index (κ1) is 17.8. The first-order chi connectivity index (χ1) is 8.41. The van der Waals surface area contributed by atoms with Crippen LogP contribution in [-0.4, -0.2) is 21.1 Å². The average Bonchev–Trinajstić information content (AvgIpc) is 2.35. The van der Waals surface area contributed by atoms with Crippen molar-refractivity contribution in [1.82, 2.24) is 0 Å². The fourth-order valence-corrected chi connectivity index (χ4v) is 7.49. The van der Waals surface area contributed by atoms with Gasteiger partial charge in [-0.3, -0.25) is 0 Å². The van der Waals surface area contributed by atoms with E-state index >= 15 is 0 Å². The van der Waals surface area contributed by atoms with Gasteiger partial charge in [0.2, 0.25) is 0 Å². The van der Waals surface area contributed by atoms with Gasteiger partial charge in [0.15, 0.2) is 0 Å². The Morgan fingerprint density at radius 2 is 0.824 bits per heavy atom. The monoisotopic (exact) mass is 348 g/mol. The third-order valence-corrected chi connectivity index (χ3v) is 9.42. The van der Waals surface area contributed by atoms with Crippen LogP contribution in [0.1, 0.15) is 90.9 Å². The van der Waals surface area contributed by atoms with E-state index in [9.17, 15) is 0 Å². The average molecular weight is 347 g/mol. The van der Waals surface area contributed by atoms with E-state index in [0.29, 0.717) is 0 Å². The van der Waals surface area contributed by atoms with Gasteiger partial charge in [-0.1, -0.05) is 0 Å². The standard InChI is InChI=1S/2C8H17.Sn.2H/c2*1-3-5-7-8-6-4-2;;;/h2*1,3-8H2,2H3;;;. The van der Waals surface area contributed by atoms with E-state index < -0.39 is 0 Å². The second-order valence-corrected chi connectivity index (χ2v) is 11.7. The molecule has 0 aliphatic heterocycles. The Morgan fingerprint density at radius 3 is 1.24 bits per heavy atom. The van der Waals surface area contributed by atoms with E-state index in [1.807, 2.05) is 0 Å². The molecule has 0 saturated carbocycles. The van der Waals surface area contributed by atoms with Gasteiger partial charge in [0.25, 0.3) is 0 Å². The summed E-state index contributed by atoms with van der Waals surface area (Å²) in [6.07, 6.45) is 17.9. The summed E-state index contributed by atoms with van der Waals surface area (Å²) in [5.41, 5.74) is 0. The summed E-state index contributed by atoms with van der Waals surface area (Å²) in [6.45, 7) is 4.61. The van der Waals surface area contributed by atoms with Crippen molar-refractivity contribution in [3.8, 4) is 0 Å². The van der Waals surface area contributed by atoms with Gasteiger partial charge in [0.1, 0.15) is 0 Å². The molecule has 0 amide bonds. The number of unbranched alkanes of at least 4 members (excludes halogenated alkanes) is 10. The van der Waals surface area contributed by atoms with Crippen molar-refractivity contribution in [3.63, 3.8) is 0 Å². The van der Waals surface area contributed by atoms with Crippen molar-refractivity contribution in [1.29, 1.82) is 0 Å². The van der Waals surface area contributed by atoms with Crippen LogP contribution >= 0.6 is 0 Å². The quantitative estimate of drug-likeness (QED) is 0.279. The summed E-state index contributed by atoms with van der Waals surface area (Å²) in [5, 5.41) is 0. The van der Waals surface area contributed by atoms with Crippen LogP contribution in [0.25, 0.3) is 0 Å². The van der Waals surface area contributed by atoms with Gasteiger partial charge in [0.05, 0.1) is 0 Å². The zero-order chi connectivity index (χ0) is 12.6. The molecule has 17 heavy (non-hydrogen) atoms. The molecule has 0 nitrogen and oxygen atoms in total. The van der Waals surface area contributed by atoms with Crippen LogP contribution in [0.3, 0.4) is 0 Å². The molecule has 0 atom stereocenters. The Bertz CT molecular complexity index is 109. The predicted octanol–water partition coefficient (Wildman–Crippen LogP) is 5.71. The molecule has 0 spiro atoms. The maximum atomic E-state index is 2.30. The van der Waals surface area contributed by atoms with Crippen LogP contribution in [-0.2, 0) is 0 Å². The first-order valence-electron chi connectivity index (χ1n) is 8.41. The normalized spacial score (nSPS) is 10.9. The first-order valence-corrected chi connectivity index (χ1v) is 14.1. The molecule has 0 radical (unpaired) electrons. The fourth-order valence-electron chi connectivity index (χ4n) is 2.44. The van der Waals surface area contributed by atoms with Crippen molar-refractivity contribution in [2.24, 2.45) is 0 Å². The minimum absolute atomic E-state index is 0.259. The molecule has 1 heteroatoms. The third-order valence-electron chi connectivity index (χ3n) is 3.71. The van der Waals surface area contributed by atoms with Gasteiger partial charge in [-0.05, 0) is 0 Å². The van der Waals surface area contributed by atoms with Crippen molar-refractivity contribution in [2.45, 2.75) is 99.8 Å². The molecule has 0 unspecified atom stereocenters. The van der Waals surface area contributed by atoms with Crippen molar-refractivity contribution < 1.29 is 0 Å². The van der Waals surface area contributed by atoms with Crippen LogP contribution in [0.5, 0.6) is 0 Å². The Balaban J connectivity index is 2.85. The molecular formula is C16H36Sn. The summed E-state index contributed by atoms with van der Waals surface area (Å²) in [5.74, 6) is 0. The molecule has 0 N–H and O–H groups in total. The number of rotatable bonds is 14. The van der Waals surface area contributed by atoms with Gasteiger partial charge < -0.3 is 0 Å². The van der Waals surface area contributed by atoms with E-state index in [0.717, 1.165) is 0 Å². The minimum atomic E-state index is -0.259.